The summed E-state index contributed by atoms with van der Waals surface area (Å²) in [7, 11) is 1.76. The lowest BCUT2D eigenvalue weighted by molar-refractivity contribution is -0.132. The van der Waals surface area contributed by atoms with Gasteiger partial charge in [0.25, 0.3) is 0 Å². The Bertz CT molecular complexity index is 746. The summed E-state index contributed by atoms with van der Waals surface area (Å²) >= 11 is 0. The first-order valence-electron chi connectivity index (χ1n) is 11.1. The number of carbonyl (C=O) groups is 1. The summed E-state index contributed by atoms with van der Waals surface area (Å²) in [6.45, 7) is 4.74. The van der Waals surface area contributed by atoms with Crippen LogP contribution in [-0.4, -0.2) is 36.9 Å². The second kappa shape index (κ2) is 7.65. The van der Waals surface area contributed by atoms with Crippen LogP contribution in [0, 0.1) is 17.8 Å². The quantitative estimate of drug-likeness (QED) is 0.707. The van der Waals surface area contributed by atoms with E-state index in [1.807, 2.05) is 0 Å². The van der Waals surface area contributed by atoms with Gasteiger partial charge in [-0.05, 0) is 79.7 Å². The molecule has 3 fully saturated rings. The minimum Gasteiger partial charge on any atom is -0.497 e. The van der Waals surface area contributed by atoms with Crippen molar-refractivity contribution in [3.63, 3.8) is 0 Å². The van der Waals surface area contributed by atoms with E-state index in [2.05, 4.69) is 30.0 Å². The second-order valence-electron chi connectivity index (χ2n) is 9.63. The fraction of sp³-hybridized carbons (Fsp3) is 0.708. The Labute approximate surface area is 175 Å². The van der Waals surface area contributed by atoms with Crippen LogP contribution in [0.3, 0.4) is 0 Å². The summed E-state index contributed by atoms with van der Waals surface area (Å²) in [6.07, 6.45) is 9.10. The lowest BCUT2D eigenvalue weighted by Gasteiger charge is -2.61. The topological polar surface area (TPSA) is 29.5 Å². The molecule has 5 rings (SSSR count). The fourth-order valence-electron chi connectivity index (χ4n) is 6.81. The molecule has 2 bridgehead atoms. The van der Waals surface area contributed by atoms with Crippen LogP contribution in [0.1, 0.15) is 63.0 Å². The van der Waals surface area contributed by atoms with Gasteiger partial charge in [-0.1, -0.05) is 19.4 Å². The molecule has 28 heavy (non-hydrogen) atoms. The molecule has 0 aromatic heterocycles. The number of fused-ring (bicyclic) bond motifs is 1. The molecule has 1 aromatic rings. The van der Waals surface area contributed by atoms with E-state index in [1.54, 1.807) is 7.11 Å². The van der Waals surface area contributed by atoms with Crippen molar-refractivity contribution in [2.24, 2.45) is 17.8 Å². The molecule has 0 amide bonds. The van der Waals surface area contributed by atoms with Crippen LogP contribution in [-0.2, 0) is 16.6 Å². The zero-order valence-electron chi connectivity index (χ0n) is 17.3. The van der Waals surface area contributed by atoms with Gasteiger partial charge >= 0.3 is 0 Å². The molecule has 0 radical (unpaired) electrons. The van der Waals surface area contributed by atoms with E-state index in [0.29, 0.717) is 23.7 Å². The van der Waals surface area contributed by atoms with Crippen molar-refractivity contribution in [2.75, 3.05) is 20.2 Å². The van der Waals surface area contributed by atoms with Crippen LogP contribution in [0.4, 0.5) is 0 Å². The maximum Gasteiger partial charge on any atom is 0.134 e. The number of benzene rings is 1. The van der Waals surface area contributed by atoms with Gasteiger partial charge in [-0.2, -0.15) is 0 Å². The Morgan fingerprint density at radius 2 is 2.07 bits per heavy atom. The summed E-state index contributed by atoms with van der Waals surface area (Å²) in [5.74, 6) is 3.58. The molecule has 1 aromatic carbocycles. The maximum absolute atomic E-state index is 12.9. The Kier molecular flexibility index (Phi) is 5.52. The molecule has 0 spiro atoms. The van der Waals surface area contributed by atoms with E-state index >= 15 is 0 Å². The number of ether oxygens (including phenoxy) is 1. The lowest BCUT2D eigenvalue weighted by atomic mass is 9.48. The van der Waals surface area contributed by atoms with Crippen molar-refractivity contribution in [1.29, 1.82) is 0 Å². The first-order chi connectivity index (χ1) is 13.1. The molecular formula is C24H34ClNO2. The summed E-state index contributed by atoms with van der Waals surface area (Å²) in [5, 5.41) is 0. The van der Waals surface area contributed by atoms with Crippen LogP contribution in [0.15, 0.2) is 18.2 Å². The van der Waals surface area contributed by atoms with Crippen LogP contribution >= 0.6 is 12.4 Å². The smallest absolute Gasteiger partial charge is 0.134 e. The number of likely N-dealkylation sites (tertiary alicyclic amines) is 1. The summed E-state index contributed by atoms with van der Waals surface area (Å²) in [4.78, 5) is 15.7. The van der Waals surface area contributed by atoms with Gasteiger partial charge < -0.3 is 4.74 Å². The molecule has 3 aliphatic carbocycles. The summed E-state index contributed by atoms with van der Waals surface area (Å²) in [5.41, 5.74) is 2.98. The number of methoxy groups -OCH3 is 1. The van der Waals surface area contributed by atoms with E-state index in [9.17, 15) is 4.79 Å². The van der Waals surface area contributed by atoms with Crippen molar-refractivity contribution in [1.82, 2.24) is 4.90 Å². The first-order valence-corrected chi connectivity index (χ1v) is 11.1. The maximum atomic E-state index is 12.9. The highest BCUT2D eigenvalue weighted by atomic mass is 35.5. The largest absolute Gasteiger partial charge is 0.497 e. The van der Waals surface area contributed by atoms with E-state index < -0.39 is 0 Å². The average Bonchev–Trinajstić information content (AvgIpc) is 3.47. The van der Waals surface area contributed by atoms with Crippen molar-refractivity contribution in [3.05, 3.63) is 29.3 Å². The number of piperidine rings is 1. The Morgan fingerprint density at radius 3 is 2.79 bits per heavy atom. The van der Waals surface area contributed by atoms with Gasteiger partial charge in [0.1, 0.15) is 11.5 Å². The number of hydrogen-bond acceptors (Lipinski definition) is 3. The van der Waals surface area contributed by atoms with Crippen molar-refractivity contribution in [2.45, 2.75) is 69.7 Å². The molecule has 1 aliphatic heterocycles. The minimum absolute atomic E-state index is 0. The van der Waals surface area contributed by atoms with Crippen molar-refractivity contribution in [3.8, 4) is 5.75 Å². The summed E-state index contributed by atoms with van der Waals surface area (Å²) < 4.78 is 5.58. The third kappa shape index (κ3) is 3.19. The molecule has 1 heterocycles. The molecule has 4 heteroatoms. The normalized spacial score (nSPS) is 34.2. The Balaban J connectivity index is 0.00000192. The molecule has 3 nitrogen and oxygen atoms in total. The SMILES string of the molecule is CCC[C@@H]1CC(=O)CC23CCN(CC4CC4)C(Cc4ccc(OC)cc42)[C@@H]13.Cl. The van der Waals surface area contributed by atoms with Crippen molar-refractivity contribution < 1.29 is 9.53 Å². The lowest BCUT2D eigenvalue weighted by Crippen LogP contribution is -2.64. The third-order valence-corrected chi connectivity index (χ3v) is 8.01. The van der Waals surface area contributed by atoms with E-state index in [4.69, 9.17) is 4.74 Å². The van der Waals surface area contributed by atoms with Crippen molar-refractivity contribution >= 4 is 18.2 Å². The van der Waals surface area contributed by atoms with Gasteiger partial charge in [0.05, 0.1) is 7.11 Å². The Hall–Kier alpha value is -1.06. The van der Waals surface area contributed by atoms with Gasteiger partial charge in [0.2, 0.25) is 0 Å². The zero-order chi connectivity index (χ0) is 18.6. The predicted octanol–water partition coefficient (Wildman–Crippen LogP) is 4.79. The minimum atomic E-state index is 0. The highest BCUT2D eigenvalue weighted by Gasteiger charge is 2.58. The Morgan fingerprint density at radius 1 is 1.25 bits per heavy atom. The molecule has 154 valence electrons. The van der Waals surface area contributed by atoms with Gasteiger partial charge in [-0.3, -0.25) is 9.69 Å². The van der Waals surface area contributed by atoms with Crippen LogP contribution in [0.25, 0.3) is 0 Å². The number of nitrogens with zero attached hydrogens (tertiary/aromatic N) is 1. The molecule has 4 atom stereocenters. The molecular weight excluding hydrogens is 370 g/mol. The number of carbonyl (C=O) groups excluding carboxylic acids is 1. The predicted molar refractivity (Wildman–Crippen MR) is 114 cm³/mol. The monoisotopic (exact) mass is 403 g/mol. The first kappa shape index (κ1) is 20.2. The van der Waals surface area contributed by atoms with Gasteiger partial charge in [-0.25, -0.2) is 0 Å². The van der Waals surface area contributed by atoms with E-state index in [1.165, 1.54) is 49.9 Å². The molecule has 2 saturated carbocycles. The number of hydrogen-bond donors (Lipinski definition) is 0. The zero-order valence-corrected chi connectivity index (χ0v) is 18.1. The molecule has 4 aliphatic rings. The highest BCUT2D eigenvalue weighted by Crippen LogP contribution is 2.58. The molecule has 1 saturated heterocycles. The number of halogens is 1. The second-order valence-corrected chi connectivity index (χ2v) is 9.63. The summed E-state index contributed by atoms with van der Waals surface area (Å²) in [6, 6.07) is 7.31. The van der Waals surface area contributed by atoms with E-state index in [-0.39, 0.29) is 17.8 Å². The third-order valence-electron chi connectivity index (χ3n) is 8.01. The van der Waals surface area contributed by atoms with Gasteiger partial charge in [0, 0.05) is 30.8 Å². The molecule has 2 unspecified atom stereocenters. The number of rotatable bonds is 5. The van der Waals surface area contributed by atoms with Gasteiger partial charge in [0.15, 0.2) is 0 Å². The van der Waals surface area contributed by atoms with Crippen LogP contribution in [0.2, 0.25) is 0 Å². The molecule has 0 N–H and O–H groups in total. The standard InChI is InChI=1S/C24H33NO2.ClH/c1-3-4-18-11-19(26)14-24-9-10-25(15-16-5-6-16)22(23(18)24)12-17-7-8-20(27-2)13-21(17)24;/h7-8,13,16,18,22-23H,3-6,9-12,14-15H2,1-2H3;1H/t18-,22?,23-,24?;/m1./s1. The van der Waals surface area contributed by atoms with E-state index in [0.717, 1.165) is 37.4 Å². The van der Waals surface area contributed by atoms with Crippen LogP contribution < -0.4 is 4.74 Å². The van der Waals surface area contributed by atoms with Gasteiger partial charge in [-0.15, -0.1) is 12.4 Å². The average molecular weight is 404 g/mol. The fourth-order valence-corrected chi connectivity index (χ4v) is 6.81. The highest BCUT2D eigenvalue weighted by molar-refractivity contribution is 5.85. The number of Topliss-reactive ketones (excluding diaryl/α,β-unsaturated/α-hetero) is 1. The number of ketones is 1. The van der Waals surface area contributed by atoms with Crippen LogP contribution in [0.5, 0.6) is 5.75 Å².